The second kappa shape index (κ2) is 8.59. The Labute approximate surface area is 151 Å². The van der Waals surface area contributed by atoms with Crippen LogP contribution >= 0.6 is 0 Å². The Bertz CT molecular complexity index is 880. The molecule has 2 N–H and O–H groups in total. The summed E-state index contributed by atoms with van der Waals surface area (Å²) in [5.74, 6) is -2.46. The number of hydrogen-bond acceptors (Lipinski definition) is 5. The molecule has 1 amide bonds. The van der Waals surface area contributed by atoms with Crippen LogP contribution in [0.3, 0.4) is 0 Å². The number of esters is 1. The molecular formula is C18H19NO6S. The van der Waals surface area contributed by atoms with E-state index in [1.54, 1.807) is 12.1 Å². The molecule has 0 aliphatic rings. The number of amides is 1. The van der Waals surface area contributed by atoms with Crippen LogP contribution in [-0.4, -0.2) is 43.8 Å². The molecule has 0 heterocycles. The third kappa shape index (κ3) is 5.98. The lowest BCUT2D eigenvalue weighted by molar-refractivity contribution is -0.144. The van der Waals surface area contributed by atoms with Gasteiger partial charge in [0.15, 0.2) is 0 Å². The Kier molecular flexibility index (Phi) is 6.48. The van der Waals surface area contributed by atoms with Crippen LogP contribution in [0.15, 0.2) is 54.6 Å². The molecule has 0 radical (unpaired) electrons. The second-order valence-corrected chi connectivity index (χ2v) is 7.13. The van der Waals surface area contributed by atoms with Gasteiger partial charge in [-0.2, -0.15) is 8.42 Å². The van der Waals surface area contributed by atoms with Gasteiger partial charge in [0.25, 0.3) is 10.1 Å². The highest BCUT2D eigenvalue weighted by Crippen LogP contribution is 2.20. The fraction of sp³-hybridized carbons (Fsp3) is 0.222. The minimum Gasteiger partial charge on any atom is -0.467 e. The molecule has 0 saturated heterocycles. The molecule has 7 nitrogen and oxygen atoms in total. The van der Waals surface area contributed by atoms with Crippen LogP contribution in [0.4, 0.5) is 0 Å². The lowest BCUT2D eigenvalue weighted by Gasteiger charge is -2.15. The molecule has 2 rings (SSSR count). The molecule has 1 atom stereocenters. The molecule has 0 bridgehead atoms. The van der Waals surface area contributed by atoms with E-state index in [1.807, 2.05) is 42.5 Å². The molecule has 0 aliphatic carbocycles. The number of ether oxygens (including phenoxy) is 1. The number of rotatable bonds is 7. The van der Waals surface area contributed by atoms with Crippen molar-refractivity contribution in [2.45, 2.75) is 12.5 Å². The molecular weight excluding hydrogens is 358 g/mol. The molecule has 0 fully saturated rings. The summed E-state index contributed by atoms with van der Waals surface area (Å²) in [6, 6.07) is 15.4. The van der Waals surface area contributed by atoms with Crippen molar-refractivity contribution in [2.75, 3.05) is 12.9 Å². The summed E-state index contributed by atoms with van der Waals surface area (Å²) in [6.07, 6.45) is -0.0559. The van der Waals surface area contributed by atoms with E-state index in [4.69, 9.17) is 4.55 Å². The smallest absolute Gasteiger partial charge is 0.329 e. The first-order chi connectivity index (χ1) is 12.3. The molecule has 8 heteroatoms. The van der Waals surface area contributed by atoms with Crippen molar-refractivity contribution >= 4 is 22.0 Å². The van der Waals surface area contributed by atoms with Gasteiger partial charge in [0.1, 0.15) is 11.8 Å². The number of hydrogen-bond donors (Lipinski definition) is 2. The number of nitrogens with one attached hydrogen (secondary N) is 1. The van der Waals surface area contributed by atoms with Crippen LogP contribution in [0.25, 0.3) is 11.1 Å². The minimum absolute atomic E-state index is 0.0559. The molecule has 0 spiro atoms. The topological polar surface area (TPSA) is 110 Å². The van der Waals surface area contributed by atoms with Gasteiger partial charge in [0, 0.05) is 0 Å². The van der Waals surface area contributed by atoms with Gasteiger partial charge in [-0.1, -0.05) is 54.6 Å². The van der Waals surface area contributed by atoms with Crippen molar-refractivity contribution in [3.05, 3.63) is 60.2 Å². The average molecular weight is 377 g/mol. The third-order valence-corrected chi connectivity index (χ3v) is 4.35. The van der Waals surface area contributed by atoms with Gasteiger partial charge >= 0.3 is 5.97 Å². The van der Waals surface area contributed by atoms with Gasteiger partial charge in [-0.05, 0) is 16.7 Å². The number of methoxy groups -OCH3 is 1. The number of carbonyl (C=O) groups excluding carboxylic acids is 2. The first-order valence-electron chi connectivity index (χ1n) is 7.75. The summed E-state index contributed by atoms with van der Waals surface area (Å²) in [5, 5.41) is 2.28. The summed E-state index contributed by atoms with van der Waals surface area (Å²) in [5.41, 5.74) is 2.62. The standard InChI is InChI=1S/C18H19NO6S/c1-25-18(21)16(12-26(22,23)24)19-17(20)11-13-6-5-9-15(10-13)14-7-3-2-4-8-14/h2-10,16H,11-12H2,1H3,(H,19,20)(H,22,23,24)/t16-/m0/s1. The van der Waals surface area contributed by atoms with Crippen LogP contribution in [0.5, 0.6) is 0 Å². The highest BCUT2D eigenvalue weighted by molar-refractivity contribution is 7.85. The maximum absolute atomic E-state index is 12.2. The first kappa shape index (κ1) is 19.6. The highest BCUT2D eigenvalue weighted by Gasteiger charge is 2.26. The minimum atomic E-state index is -4.46. The molecule has 0 saturated carbocycles. The molecule has 26 heavy (non-hydrogen) atoms. The average Bonchev–Trinajstić information content (AvgIpc) is 2.60. The number of carbonyl (C=O) groups is 2. The van der Waals surface area contributed by atoms with E-state index in [0.717, 1.165) is 18.2 Å². The van der Waals surface area contributed by atoms with Crippen LogP contribution in [0.2, 0.25) is 0 Å². The Morgan fingerprint density at radius 2 is 1.73 bits per heavy atom. The summed E-state index contributed by atoms with van der Waals surface area (Å²) in [7, 11) is -3.39. The Morgan fingerprint density at radius 1 is 1.08 bits per heavy atom. The summed E-state index contributed by atoms with van der Waals surface area (Å²) >= 11 is 0. The zero-order valence-electron chi connectivity index (χ0n) is 14.1. The van der Waals surface area contributed by atoms with E-state index >= 15 is 0 Å². The van der Waals surface area contributed by atoms with E-state index < -0.39 is 33.8 Å². The van der Waals surface area contributed by atoms with Crippen molar-refractivity contribution in [3.63, 3.8) is 0 Å². The van der Waals surface area contributed by atoms with Gasteiger partial charge in [0.05, 0.1) is 13.5 Å². The fourth-order valence-corrected chi connectivity index (χ4v) is 3.08. The molecule has 0 aromatic heterocycles. The summed E-state index contributed by atoms with van der Waals surface area (Å²) in [4.78, 5) is 23.8. The summed E-state index contributed by atoms with van der Waals surface area (Å²) in [6.45, 7) is 0. The largest absolute Gasteiger partial charge is 0.467 e. The van der Waals surface area contributed by atoms with Crippen LogP contribution in [0, 0.1) is 0 Å². The van der Waals surface area contributed by atoms with Crippen molar-refractivity contribution < 1.29 is 27.3 Å². The van der Waals surface area contributed by atoms with Crippen LogP contribution < -0.4 is 5.32 Å². The van der Waals surface area contributed by atoms with Crippen LogP contribution in [-0.2, 0) is 30.9 Å². The maximum Gasteiger partial charge on any atom is 0.329 e. The molecule has 0 aliphatic heterocycles. The number of benzene rings is 2. The Balaban J connectivity index is 2.10. The maximum atomic E-state index is 12.2. The quantitative estimate of drug-likeness (QED) is 0.558. The van der Waals surface area contributed by atoms with Gasteiger partial charge in [0.2, 0.25) is 5.91 Å². The SMILES string of the molecule is COC(=O)[C@H](CS(=O)(=O)O)NC(=O)Cc1cccc(-c2ccccc2)c1. The monoisotopic (exact) mass is 377 g/mol. The van der Waals surface area contributed by atoms with E-state index in [0.29, 0.717) is 5.56 Å². The van der Waals surface area contributed by atoms with E-state index in [2.05, 4.69) is 10.1 Å². The van der Waals surface area contributed by atoms with Crippen molar-refractivity contribution in [3.8, 4) is 11.1 Å². The van der Waals surface area contributed by atoms with E-state index in [1.165, 1.54) is 0 Å². The Morgan fingerprint density at radius 3 is 2.35 bits per heavy atom. The van der Waals surface area contributed by atoms with E-state index in [9.17, 15) is 18.0 Å². The molecule has 0 unspecified atom stereocenters. The zero-order valence-corrected chi connectivity index (χ0v) is 14.9. The van der Waals surface area contributed by atoms with Gasteiger partial charge < -0.3 is 10.1 Å². The second-order valence-electron chi connectivity index (χ2n) is 5.64. The van der Waals surface area contributed by atoms with Gasteiger partial charge in [-0.3, -0.25) is 9.35 Å². The third-order valence-electron chi connectivity index (χ3n) is 3.60. The molecule has 138 valence electrons. The molecule has 2 aromatic rings. The summed E-state index contributed by atoms with van der Waals surface area (Å²) < 4.78 is 35.4. The van der Waals surface area contributed by atoms with Gasteiger partial charge in [-0.25, -0.2) is 4.79 Å². The predicted octanol–water partition coefficient (Wildman–Crippen LogP) is 1.44. The predicted molar refractivity (Wildman–Crippen MR) is 95.9 cm³/mol. The normalized spacial score (nSPS) is 12.2. The van der Waals surface area contributed by atoms with E-state index in [-0.39, 0.29) is 6.42 Å². The van der Waals surface area contributed by atoms with Crippen molar-refractivity contribution in [1.82, 2.24) is 5.32 Å². The van der Waals surface area contributed by atoms with Crippen LogP contribution in [0.1, 0.15) is 5.56 Å². The fourth-order valence-electron chi connectivity index (χ4n) is 2.44. The lowest BCUT2D eigenvalue weighted by Crippen LogP contribution is -2.46. The van der Waals surface area contributed by atoms with Gasteiger partial charge in [-0.15, -0.1) is 0 Å². The molecule has 2 aromatic carbocycles. The highest BCUT2D eigenvalue weighted by atomic mass is 32.2. The Hall–Kier alpha value is -2.71. The first-order valence-corrected chi connectivity index (χ1v) is 9.36. The zero-order chi connectivity index (χ0) is 19.2. The van der Waals surface area contributed by atoms with Crippen molar-refractivity contribution in [2.24, 2.45) is 0 Å². The lowest BCUT2D eigenvalue weighted by atomic mass is 10.0. The van der Waals surface area contributed by atoms with Crippen molar-refractivity contribution in [1.29, 1.82) is 0 Å².